The molecule has 0 spiro atoms. The summed E-state index contributed by atoms with van der Waals surface area (Å²) in [7, 11) is 0. The molecule has 1 nitrogen and oxygen atoms in total. The standard InChI is InChI=1S/C8H13N/c1-7-6-8-2-4-9(7)5-3-8/h8H,1-6H2. The van der Waals surface area contributed by atoms with Crippen LogP contribution in [0.25, 0.3) is 0 Å². The number of fused-ring (bicyclic) bond motifs is 3. The van der Waals surface area contributed by atoms with E-state index >= 15 is 0 Å². The predicted octanol–water partition coefficient (Wildman–Crippen LogP) is 1.62. The lowest BCUT2D eigenvalue weighted by Crippen LogP contribution is -2.39. The molecule has 3 aliphatic heterocycles. The number of hydrogen-bond acceptors (Lipinski definition) is 1. The van der Waals surface area contributed by atoms with Crippen molar-refractivity contribution in [3.05, 3.63) is 12.3 Å². The van der Waals surface area contributed by atoms with Crippen molar-refractivity contribution in [1.82, 2.24) is 4.90 Å². The molecule has 0 aromatic carbocycles. The van der Waals surface area contributed by atoms with Gasteiger partial charge in [-0.1, -0.05) is 6.58 Å². The van der Waals surface area contributed by atoms with Gasteiger partial charge in [-0.15, -0.1) is 0 Å². The Morgan fingerprint density at radius 1 is 1.33 bits per heavy atom. The van der Waals surface area contributed by atoms with E-state index in [1.54, 1.807) is 0 Å². The van der Waals surface area contributed by atoms with Crippen LogP contribution >= 0.6 is 0 Å². The largest absolute Gasteiger partial charge is 0.375 e. The maximum atomic E-state index is 4.02. The van der Waals surface area contributed by atoms with Crippen LogP contribution in [0.5, 0.6) is 0 Å². The van der Waals surface area contributed by atoms with E-state index < -0.39 is 0 Å². The van der Waals surface area contributed by atoms with Gasteiger partial charge < -0.3 is 4.90 Å². The number of allylic oxidation sites excluding steroid dienone is 1. The highest BCUT2D eigenvalue weighted by Gasteiger charge is 2.26. The van der Waals surface area contributed by atoms with E-state index in [0.29, 0.717) is 0 Å². The van der Waals surface area contributed by atoms with Gasteiger partial charge in [-0.2, -0.15) is 0 Å². The van der Waals surface area contributed by atoms with Crippen molar-refractivity contribution >= 4 is 0 Å². The number of rotatable bonds is 0. The predicted molar refractivity (Wildman–Crippen MR) is 38.1 cm³/mol. The molecule has 2 bridgehead atoms. The first-order chi connectivity index (χ1) is 4.36. The summed E-state index contributed by atoms with van der Waals surface area (Å²) < 4.78 is 0. The Kier molecular flexibility index (Phi) is 1.04. The Bertz CT molecular complexity index is 132. The first-order valence-corrected chi connectivity index (χ1v) is 3.79. The third-order valence-electron chi connectivity index (χ3n) is 2.59. The maximum absolute atomic E-state index is 4.02. The average molecular weight is 123 g/mol. The summed E-state index contributed by atoms with van der Waals surface area (Å²) in [6.07, 6.45) is 4.11. The molecule has 9 heavy (non-hydrogen) atoms. The second kappa shape index (κ2) is 1.76. The first kappa shape index (κ1) is 5.33. The van der Waals surface area contributed by atoms with Crippen LogP contribution in [0.3, 0.4) is 0 Å². The molecule has 0 aromatic rings. The lowest BCUT2D eigenvalue weighted by molar-refractivity contribution is 0.161. The van der Waals surface area contributed by atoms with Crippen molar-refractivity contribution in [2.75, 3.05) is 13.1 Å². The molecule has 50 valence electrons. The zero-order valence-corrected chi connectivity index (χ0v) is 5.77. The zero-order valence-electron chi connectivity index (χ0n) is 5.77. The van der Waals surface area contributed by atoms with Gasteiger partial charge in [0.15, 0.2) is 0 Å². The SMILES string of the molecule is C=C1CC2CCN1CC2. The van der Waals surface area contributed by atoms with Gasteiger partial charge in [0.1, 0.15) is 0 Å². The van der Waals surface area contributed by atoms with E-state index in [1.165, 1.54) is 38.0 Å². The van der Waals surface area contributed by atoms with Crippen molar-refractivity contribution < 1.29 is 0 Å². The van der Waals surface area contributed by atoms with Crippen LogP contribution in [0.2, 0.25) is 0 Å². The summed E-state index contributed by atoms with van der Waals surface area (Å²) in [4.78, 5) is 2.43. The van der Waals surface area contributed by atoms with Gasteiger partial charge in [-0.25, -0.2) is 0 Å². The molecule has 0 unspecified atom stereocenters. The molecule has 3 aliphatic rings. The summed E-state index contributed by atoms with van der Waals surface area (Å²) in [5, 5.41) is 0. The van der Waals surface area contributed by atoms with E-state index in [-0.39, 0.29) is 0 Å². The zero-order chi connectivity index (χ0) is 6.27. The highest BCUT2D eigenvalue weighted by Crippen LogP contribution is 2.32. The first-order valence-electron chi connectivity index (χ1n) is 3.79. The molecular weight excluding hydrogens is 110 g/mol. The van der Waals surface area contributed by atoms with Gasteiger partial charge in [-0.3, -0.25) is 0 Å². The van der Waals surface area contributed by atoms with E-state index in [1.807, 2.05) is 0 Å². The Morgan fingerprint density at radius 3 is 2.22 bits per heavy atom. The number of hydrogen-bond donors (Lipinski definition) is 0. The summed E-state index contributed by atoms with van der Waals surface area (Å²) in [6.45, 7) is 6.59. The van der Waals surface area contributed by atoms with Crippen LogP contribution in [0.15, 0.2) is 12.3 Å². The van der Waals surface area contributed by atoms with Crippen molar-refractivity contribution in [2.45, 2.75) is 19.3 Å². The van der Waals surface area contributed by atoms with Crippen LogP contribution < -0.4 is 0 Å². The van der Waals surface area contributed by atoms with Crippen LogP contribution in [-0.2, 0) is 0 Å². The highest BCUT2D eigenvalue weighted by atomic mass is 15.2. The third-order valence-corrected chi connectivity index (χ3v) is 2.59. The van der Waals surface area contributed by atoms with E-state index in [4.69, 9.17) is 0 Å². The quantitative estimate of drug-likeness (QED) is 0.473. The molecule has 0 saturated carbocycles. The van der Waals surface area contributed by atoms with E-state index in [2.05, 4.69) is 11.5 Å². The van der Waals surface area contributed by atoms with Crippen LogP contribution in [0.1, 0.15) is 19.3 Å². The molecule has 0 aromatic heterocycles. The van der Waals surface area contributed by atoms with Gasteiger partial charge >= 0.3 is 0 Å². The smallest absolute Gasteiger partial charge is 0.0177 e. The van der Waals surface area contributed by atoms with Gasteiger partial charge in [0.2, 0.25) is 0 Å². The second-order valence-corrected chi connectivity index (χ2v) is 3.20. The van der Waals surface area contributed by atoms with E-state index in [0.717, 1.165) is 5.92 Å². The molecule has 3 saturated heterocycles. The topological polar surface area (TPSA) is 3.24 Å². The lowest BCUT2D eigenvalue weighted by Gasteiger charge is -2.41. The van der Waals surface area contributed by atoms with Gasteiger partial charge in [-0.05, 0) is 25.2 Å². The summed E-state index contributed by atoms with van der Waals surface area (Å²) in [5.41, 5.74) is 1.39. The molecule has 3 heterocycles. The Hall–Kier alpha value is -0.460. The van der Waals surface area contributed by atoms with Crippen molar-refractivity contribution in [3.8, 4) is 0 Å². The molecule has 3 fully saturated rings. The minimum atomic E-state index is 0.988. The number of piperidine rings is 3. The van der Waals surface area contributed by atoms with Crippen molar-refractivity contribution in [1.29, 1.82) is 0 Å². The molecule has 0 aliphatic carbocycles. The number of nitrogens with zero attached hydrogens (tertiary/aromatic N) is 1. The van der Waals surface area contributed by atoms with E-state index in [9.17, 15) is 0 Å². The minimum Gasteiger partial charge on any atom is -0.375 e. The van der Waals surface area contributed by atoms with Gasteiger partial charge in [0.25, 0.3) is 0 Å². The Balaban J connectivity index is 2.15. The maximum Gasteiger partial charge on any atom is 0.0177 e. The third kappa shape index (κ3) is 0.752. The van der Waals surface area contributed by atoms with Crippen LogP contribution in [0.4, 0.5) is 0 Å². The summed E-state index contributed by atoms with van der Waals surface area (Å²) in [6, 6.07) is 0. The second-order valence-electron chi connectivity index (χ2n) is 3.20. The van der Waals surface area contributed by atoms with Crippen molar-refractivity contribution in [3.63, 3.8) is 0 Å². The minimum absolute atomic E-state index is 0.988. The molecule has 0 atom stereocenters. The van der Waals surface area contributed by atoms with Crippen LogP contribution in [-0.4, -0.2) is 18.0 Å². The highest BCUT2D eigenvalue weighted by molar-refractivity contribution is 5.03. The average Bonchev–Trinajstić information content (AvgIpc) is 1.90. The van der Waals surface area contributed by atoms with Crippen molar-refractivity contribution in [2.24, 2.45) is 5.92 Å². The fourth-order valence-corrected chi connectivity index (χ4v) is 1.92. The van der Waals surface area contributed by atoms with Crippen LogP contribution in [0, 0.1) is 5.92 Å². The Labute approximate surface area is 56.4 Å². The Morgan fingerprint density at radius 2 is 2.00 bits per heavy atom. The normalized spacial score (nSPS) is 27.6. The monoisotopic (exact) mass is 123 g/mol. The fraction of sp³-hybridized carbons (Fsp3) is 0.750. The summed E-state index contributed by atoms with van der Waals surface area (Å²) >= 11 is 0. The lowest BCUT2D eigenvalue weighted by atomic mass is 9.87. The van der Waals surface area contributed by atoms with Gasteiger partial charge in [0, 0.05) is 18.8 Å². The molecule has 0 amide bonds. The molecular formula is C8H13N. The summed E-state index contributed by atoms with van der Waals surface area (Å²) in [5.74, 6) is 0.988. The molecule has 0 radical (unpaired) electrons. The molecule has 3 rings (SSSR count). The fourth-order valence-electron chi connectivity index (χ4n) is 1.92. The molecule has 1 heteroatoms. The molecule has 0 N–H and O–H groups in total. The van der Waals surface area contributed by atoms with Gasteiger partial charge in [0.05, 0.1) is 0 Å².